The number of aryl methyl sites for hydroxylation is 1. The Labute approximate surface area is 137 Å². The number of hydrogen-bond donors (Lipinski definition) is 0. The predicted octanol–water partition coefficient (Wildman–Crippen LogP) is 3.93. The molecule has 0 amide bonds. The molecule has 0 aromatic heterocycles. The van der Waals surface area contributed by atoms with Crippen LogP contribution < -0.4 is 5.19 Å². The summed E-state index contributed by atoms with van der Waals surface area (Å²) in [6.07, 6.45) is 0. The largest absolute Gasteiger partial charge is 0.165 e. The molecule has 0 atom stereocenters. The molecule has 2 heteroatoms. The second-order valence-electron chi connectivity index (χ2n) is 4.28. The molecule has 0 N–H and O–H groups in total. The molecule has 0 aliphatic heterocycles. The summed E-state index contributed by atoms with van der Waals surface area (Å²) in [5, 5.41) is 4.13. The molecule has 94 valence electrons. The van der Waals surface area contributed by atoms with Crippen LogP contribution in [0.5, 0.6) is 0 Å². The Hall–Kier alpha value is -0.850. The molecule has 0 spiro atoms. The summed E-state index contributed by atoms with van der Waals surface area (Å²) in [4.78, 5) is 0. The second kappa shape index (κ2) is 8.35. The monoisotopic (exact) mass is 339 g/mol. The minimum Gasteiger partial charge on any atom is -0.165 e. The van der Waals surface area contributed by atoms with E-state index < -0.39 is 0 Å². The Kier molecular flexibility index (Phi) is 7.12. The van der Waals surface area contributed by atoms with Gasteiger partial charge in [-0.1, -0.05) is 55.1 Å². The van der Waals surface area contributed by atoms with E-state index >= 15 is 0 Å². The van der Waals surface area contributed by atoms with E-state index in [9.17, 15) is 0 Å². The third kappa shape index (κ3) is 4.97. The summed E-state index contributed by atoms with van der Waals surface area (Å²) in [6, 6.07) is 23.3. The molecule has 0 bridgehead atoms. The van der Waals surface area contributed by atoms with E-state index in [4.69, 9.17) is 0 Å². The van der Waals surface area contributed by atoms with Gasteiger partial charge >= 0.3 is 0 Å². The van der Waals surface area contributed by atoms with Crippen molar-refractivity contribution in [3.8, 4) is 0 Å². The third-order valence-electron chi connectivity index (χ3n) is 2.82. The maximum absolute atomic E-state index is 2.20. The average molecular weight is 341 g/mol. The summed E-state index contributed by atoms with van der Waals surface area (Å²) in [7, 11) is 0.930. The van der Waals surface area contributed by atoms with E-state index in [0.29, 0.717) is 0 Å². The van der Waals surface area contributed by atoms with E-state index in [2.05, 4.69) is 74.1 Å². The molecule has 0 unspecified atom stereocenters. The van der Waals surface area contributed by atoms with Crippen LogP contribution in [0.3, 0.4) is 0 Å². The molecule has 0 aliphatic carbocycles. The molecule has 3 aromatic rings. The fraction of sp³-hybridized carbons (Fsp3) is 0.118. The first-order valence-electron chi connectivity index (χ1n) is 6.14. The van der Waals surface area contributed by atoms with Gasteiger partial charge in [0.25, 0.3) is 0 Å². The molecule has 0 heterocycles. The van der Waals surface area contributed by atoms with Crippen LogP contribution in [0, 0.1) is 6.92 Å². The van der Waals surface area contributed by atoms with Crippen molar-refractivity contribution in [2.24, 2.45) is 0 Å². The van der Waals surface area contributed by atoms with E-state index in [0.717, 1.165) is 9.52 Å². The van der Waals surface area contributed by atoms with Crippen molar-refractivity contribution in [2.45, 2.75) is 13.5 Å². The van der Waals surface area contributed by atoms with Crippen LogP contribution in [0.25, 0.3) is 10.8 Å². The molecule has 3 rings (SSSR count). The maximum Gasteiger partial charge on any atom is 0.0773 e. The predicted molar refractivity (Wildman–Crippen MR) is 82.0 cm³/mol. The van der Waals surface area contributed by atoms with Gasteiger partial charge in [0.2, 0.25) is 0 Å². The number of fused-ring (bicyclic) bond motifs is 1. The Bertz CT molecular complexity index is 566. The van der Waals surface area contributed by atoms with Crippen LogP contribution in [-0.2, 0) is 26.2 Å². The van der Waals surface area contributed by atoms with Gasteiger partial charge in [-0.05, 0) is 0 Å². The average Bonchev–Trinajstić information content (AvgIpc) is 2.80. The summed E-state index contributed by atoms with van der Waals surface area (Å²) < 4.78 is 0. The number of hydrogen-bond acceptors (Lipinski definition) is 0. The third-order valence-corrected chi connectivity index (χ3v) is 3.74. The number of benzene rings is 2. The van der Waals surface area contributed by atoms with Crippen LogP contribution in [0.15, 0.2) is 66.7 Å². The van der Waals surface area contributed by atoms with Gasteiger partial charge in [-0.15, -0.1) is 40.6 Å². The minimum absolute atomic E-state index is 0. The van der Waals surface area contributed by atoms with E-state index in [1.807, 2.05) is 6.07 Å². The Balaban J connectivity index is 0.000000185. The van der Waals surface area contributed by atoms with Crippen molar-refractivity contribution >= 4 is 25.5 Å². The molecular formula is C17H17SiZr-. The second-order valence-corrected chi connectivity index (χ2v) is 5.35. The Morgan fingerprint density at radius 1 is 0.895 bits per heavy atom. The van der Waals surface area contributed by atoms with Gasteiger partial charge in [0.1, 0.15) is 0 Å². The number of rotatable bonds is 1. The fourth-order valence-corrected chi connectivity index (χ4v) is 2.44. The zero-order chi connectivity index (χ0) is 12.8. The normalized spacial score (nSPS) is 9.37. The van der Waals surface area contributed by atoms with Crippen molar-refractivity contribution in [1.29, 1.82) is 0 Å². The molecule has 0 nitrogen and oxygen atoms in total. The van der Waals surface area contributed by atoms with E-state index in [-0.39, 0.29) is 26.2 Å². The Morgan fingerprint density at radius 2 is 1.53 bits per heavy atom. The smallest absolute Gasteiger partial charge is 0.0773 e. The maximum atomic E-state index is 2.20. The van der Waals surface area contributed by atoms with Gasteiger partial charge in [-0.3, -0.25) is 0 Å². The van der Waals surface area contributed by atoms with Crippen LogP contribution in [0.1, 0.15) is 5.56 Å². The molecule has 3 aromatic carbocycles. The van der Waals surface area contributed by atoms with E-state index in [1.165, 1.54) is 21.5 Å². The molecular weight excluding hydrogens is 323 g/mol. The SMILES string of the molecule is C[Si]c1ccccc1.Cc1cc2ccccc2[cH-]1.[Zr]. The molecule has 0 saturated carbocycles. The summed E-state index contributed by atoms with van der Waals surface area (Å²) in [6.45, 7) is 4.31. The van der Waals surface area contributed by atoms with Crippen molar-refractivity contribution in [3.05, 3.63) is 72.3 Å². The quantitative estimate of drug-likeness (QED) is 0.465. The first-order valence-corrected chi connectivity index (χ1v) is 7.64. The first-order chi connectivity index (χ1) is 8.79. The van der Waals surface area contributed by atoms with E-state index in [1.54, 1.807) is 0 Å². The molecule has 2 radical (unpaired) electrons. The minimum atomic E-state index is 0. The summed E-state index contributed by atoms with van der Waals surface area (Å²) in [5.41, 5.74) is 1.35. The molecule has 0 fully saturated rings. The van der Waals surface area contributed by atoms with Gasteiger partial charge in [0.05, 0.1) is 9.52 Å². The van der Waals surface area contributed by atoms with Gasteiger partial charge < -0.3 is 0 Å². The molecule has 0 aliphatic rings. The van der Waals surface area contributed by atoms with Crippen molar-refractivity contribution in [2.75, 3.05) is 0 Å². The van der Waals surface area contributed by atoms with Crippen molar-refractivity contribution < 1.29 is 26.2 Å². The molecule has 0 saturated heterocycles. The van der Waals surface area contributed by atoms with Crippen LogP contribution in [-0.4, -0.2) is 9.52 Å². The zero-order valence-electron chi connectivity index (χ0n) is 11.4. The van der Waals surface area contributed by atoms with Crippen LogP contribution >= 0.6 is 0 Å². The van der Waals surface area contributed by atoms with Crippen molar-refractivity contribution in [3.63, 3.8) is 0 Å². The van der Waals surface area contributed by atoms with Crippen molar-refractivity contribution in [1.82, 2.24) is 0 Å². The van der Waals surface area contributed by atoms with Gasteiger partial charge in [-0.2, -0.15) is 6.07 Å². The Morgan fingerprint density at radius 3 is 2.11 bits per heavy atom. The van der Waals surface area contributed by atoms with Crippen LogP contribution in [0.2, 0.25) is 6.55 Å². The summed E-state index contributed by atoms with van der Waals surface area (Å²) >= 11 is 0. The summed E-state index contributed by atoms with van der Waals surface area (Å²) in [5.74, 6) is 0. The fourth-order valence-electron chi connectivity index (χ4n) is 1.91. The standard InChI is InChI=1S/C10H9.C7H8Si.Zr/c1-8-6-9-4-2-3-5-10(9)7-8;1-8-7-5-3-2-4-6-7;/h2-7H,1H3;2-6H,1H3;/q-1;;. The van der Waals surface area contributed by atoms with Gasteiger partial charge in [-0.25, -0.2) is 0 Å². The molecule has 19 heavy (non-hydrogen) atoms. The van der Waals surface area contributed by atoms with Gasteiger partial charge in [0.15, 0.2) is 0 Å². The van der Waals surface area contributed by atoms with Crippen LogP contribution in [0.4, 0.5) is 0 Å². The zero-order valence-corrected chi connectivity index (χ0v) is 14.8. The van der Waals surface area contributed by atoms with Gasteiger partial charge in [0, 0.05) is 26.2 Å². The first kappa shape index (κ1) is 16.2. The topological polar surface area (TPSA) is 0 Å².